The highest BCUT2D eigenvalue weighted by Crippen LogP contribution is 2.27. The zero-order valence-corrected chi connectivity index (χ0v) is 18.8. The van der Waals surface area contributed by atoms with Gasteiger partial charge in [0.1, 0.15) is 5.69 Å². The fourth-order valence-electron chi connectivity index (χ4n) is 2.80. The molecule has 0 saturated heterocycles. The van der Waals surface area contributed by atoms with Crippen molar-refractivity contribution in [1.29, 1.82) is 0 Å². The molecule has 170 valence electrons. The lowest BCUT2D eigenvalue weighted by Gasteiger charge is -2.19. The summed E-state index contributed by atoms with van der Waals surface area (Å²) in [6.07, 6.45) is 3.35. The molecule has 32 heavy (non-hydrogen) atoms. The van der Waals surface area contributed by atoms with Gasteiger partial charge in [-0.1, -0.05) is 20.8 Å². The smallest absolute Gasteiger partial charge is 0.285 e. The Kier molecular flexibility index (Phi) is 5.38. The summed E-state index contributed by atoms with van der Waals surface area (Å²) in [5.74, 6) is -1.46. The third-order valence-electron chi connectivity index (χ3n) is 4.44. The summed E-state index contributed by atoms with van der Waals surface area (Å²) in [4.78, 5) is 21.0. The molecule has 0 aliphatic rings. The highest BCUT2D eigenvalue weighted by Gasteiger charge is 2.28. The van der Waals surface area contributed by atoms with Crippen LogP contribution in [0.4, 0.5) is 0 Å². The van der Waals surface area contributed by atoms with Gasteiger partial charge in [-0.25, -0.2) is 14.7 Å². The first-order valence-electron chi connectivity index (χ1n) is 11.0. The third-order valence-corrected chi connectivity index (χ3v) is 5.70. The number of ether oxygens (including phenoxy) is 2. The molecule has 0 unspecified atom stereocenters. The van der Waals surface area contributed by atoms with E-state index in [1.54, 1.807) is 50.0 Å². The molecule has 0 spiro atoms. The Morgan fingerprint density at radius 2 is 1.97 bits per heavy atom. The van der Waals surface area contributed by atoms with Crippen LogP contribution in [0.15, 0.2) is 47.8 Å². The van der Waals surface area contributed by atoms with Crippen molar-refractivity contribution >= 4 is 15.9 Å². The van der Waals surface area contributed by atoms with E-state index in [1.807, 2.05) is 4.72 Å². The Labute approximate surface area is 190 Å². The quantitative estimate of drug-likeness (QED) is 0.566. The molecule has 0 saturated carbocycles. The largest absolute Gasteiger partial charge is 0.494 e. The van der Waals surface area contributed by atoms with Crippen molar-refractivity contribution in [2.75, 3.05) is 14.1 Å². The van der Waals surface area contributed by atoms with Crippen molar-refractivity contribution in [3.8, 4) is 11.6 Å². The number of rotatable bonds is 7. The molecule has 10 nitrogen and oxygen atoms in total. The molecule has 0 aliphatic carbocycles. The van der Waals surface area contributed by atoms with Gasteiger partial charge in [0, 0.05) is 29.1 Å². The van der Waals surface area contributed by atoms with Gasteiger partial charge < -0.3 is 9.47 Å². The zero-order chi connectivity index (χ0) is 26.0. The Bertz CT molecular complexity index is 1320. The van der Waals surface area contributed by atoms with Crippen LogP contribution >= 0.6 is 0 Å². The van der Waals surface area contributed by atoms with Crippen molar-refractivity contribution in [3.05, 3.63) is 59.7 Å². The highest BCUT2D eigenvalue weighted by molar-refractivity contribution is 7.90. The van der Waals surface area contributed by atoms with Crippen molar-refractivity contribution in [1.82, 2.24) is 24.5 Å². The molecule has 0 aliphatic heterocycles. The van der Waals surface area contributed by atoms with E-state index in [0.717, 1.165) is 0 Å². The number of carbonyl (C=O) groups excluding carboxylic acids is 1. The minimum atomic E-state index is -4.64. The van der Waals surface area contributed by atoms with E-state index in [2.05, 4.69) is 15.1 Å². The number of pyridine rings is 2. The SMILES string of the molecule is [2H]C([2H])([2H])Oc1ccc(C(C)(C)C)nc1S(=O)(=O)NC(=O)c1ccc(Cn2cccn2)c(OC)n1. The number of amides is 1. The molecule has 0 fully saturated rings. The second kappa shape index (κ2) is 8.95. The molecule has 1 N–H and O–H groups in total. The molecular formula is C21H25N5O5S. The van der Waals surface area contributed by atoms with Crippen LogP contribution in [-0.2, 0) is 22.0 Å². The Balaban J connectivity index is 1.94. The van der Waals surface area contributed by atoms with E-state index in [0.29, 0.717) is 17.8 Å². The first-order valence-corrected chi connectivity index (χ1v) is 11.0. The first-order chi connectivity index (χ1) is 16.2. The molecule has 0 aromatic carbocycles. The Hall–Kier alpha value is -3.47. The predicted octanol–water partition coefficient (Wildman–Crippen LogP) is 2.15. The van der Waals surface area contributed by atoms with Gasteiger partial charge >= 0.3 is 0 Å². The fraction of sp³-hybridized carbons (Fsp3) is 0.333. The van der Waals surface area contributed by atoms with Gasteiger partial charge in [-0.3, -0.25) is 9.48 Å². The maximum Gasteiger partial charge on any atom is 0.285 e. The standard InChI is InChI=1S/C21H25N5O5S/c1-21(2,3)17-10-9-16(30-4)20(24-17)32(28,29)25-18(27)15-8-7-14(19(23-15)31-5)13-26-12-6-11-22-26/h6-12H,13H2,1-5H3,(H,25,27)/i4D3. The molecule has 3 aromatic heterocycles. The first kappa shape index (κ1) is 19.2. The number of sulfonamides is 1. The highest BCUT2D eigenvalue weighted by atomic mass is 32.2. The third kappa shape index (κ3) is 5.05. The van der Waals surface area contributed by atoms with Crippen LogP contribution in [0, 0.1) is 0 Å². The normalized spacial score (nSPS) is 13.6. The second-order valence-electron chi connectivity index (χ2n) is 7.85. The number of hydrogen-bond acceptors (Lipinski definition) is 8. The lowest BCUT2D eigenvalue weighted by Crippen LogP contribution is -2.32. The van der Waals surface area contributed by atoms with Crippen LogP contribution in [0.25, 0.3) is 0 Å². The van der Waals surface area contributed by atoms with Gasteiger partial charge in [-0.2, -0.15) is 13.5 Å². The summed E-state index contributed by atoms with van der Waals surface area (Å²) >= 11 is 0. The molecule has 3 rings (SSSR count). The lowest BCUT2D eigenvalue weighted by atomic mass is 9.92. The van der Waals surface area contributed by atoms with Crippen LogP contribution < -0.4 is 14.2 Å². The van der Waals surface area contributed by atoms with Crippen molar-refractivity contribution in [3.63, 3.8) is 0 Å². The lowest BCUT2D eigenvalue weighted by molar-refractivity contribution is 0.0975. The van der Waals surface area contributed by atoms with Crippen LogP contribution in [-0.4, -0.2) is 48.2 Å². The molecule has 11 heteroatoms. The van der Waals surface area contributed by atoms with Crippen molar-refractivity contribution in [2.24, 2.45) is 0 Å². The summed E-state index contributed by atoms with van der Waals surface area (Å²) in [6, 6.07) is 7.32. The van der Waals surface area contributed by atoms with E-state index < -0.39 is 39.2 Å². The molecule has 3 heterocycles. The van der Waals surface area contributed by atoms with Gasteiger partial charge in [0.15, 0.2) is 5.75 Å². The van der Waals surface area contributed by atoms with Crippen molar-refractivity contribution < 1.29 is 26.8 Å². The number of nitrogens with zero attached hydrogens (tertiary/aromatic N) is 4. The summed E-state index contributed by atoms with van der Waals surface area (Å²) in [5.41, 5.74) is 0.168. The summed E-state index contributed by atoms with van der Waals surface area (Å²) in [7, 11) is -6.21. The predicted molar refractivity (Wildman–Crippen MR) is 116 cm³/mol. The van der Waals surface area contributed by atoms with E-state index >= 15 is 0 Å². The number of carbonyl (C=O) groups is 1. The van der Waals surface area contributed by atoms with Gasteiger partial charge in [0.2, 0.25) is 10.9 Å². The molecule has 0 bridgehead atoms. The summed E-state index contributed by atoms with van der Waals surface area (Å²) in [5, 5.41) is 3.37. The van der Waals surface area contributed by atoms with Crippen LogP contribution in [0.3, 0.4) is 0 Å². The van der Waals surface area contributed by atoms with E-state index in [4.69, 9.17) is 13.6 Å². The summed E-state index contributed by atoms with van der Waals surface area (Å²) in [6.45, 7) is 5.73. The van der Waals surface area contributed by atoms with Gasteiger partial charge in [0.25, 0.3) is 15.9 Å². The molecule has 1 amide bonds. The number of hydrogen-bond donors (Lipinski definition) is 1. The molecular weight excluding hydrogens is 434 g/mol. The average molecular weight is 463 g/mol. The van der Waals surface area contributed by atoms with E-state index in [1.165, 1.54) is 25.3 Å². The van der Waals surface area contributed by atoms with E-state index in [9.17, 15) is 13.2 Å². The van der Waals surface area contributed by atoms with E-state index in [-0.39, 0.29) is 11.6 Å². The minimum Gasteiger partial charge on any atom is -0.494 e. The van der Waals surface area contributed by atoms with Crippen LogP contribution in [0.1, 0.15) is 46.6 Å². The zero-order valence-electron chi connectivity index (χ0n) is 21.0. The molecule has 0 atom stereocenters. The molecule has 0 radical (unpaired) electrons. The topological polar surface area (TPSA) is 125 Å². The maximum atomic E-state index is 13.1. The van der Waals surface area contributed by atoms with Gasteiger partial charge in [-0.05, 0) is 30.3 Å². The fourth-order valence-corrected chi connectivity index (χ4v) is 3.84. The van der Waals surface area contributed by atoms with Crippen molar-refractivity contribution in [2.45, 2.75) is 37.8 Å². The maximum absolute atomic E-state index is 13.1. The summed E-state index contributed by atoms with van der Waals surface area (Å²) < 4.78 is 61.8. The Morgan fingerprint density at radius 3 is 2.59 bits per heavy atom. The van der Waals surface area contributed by atoms with Crippen LogP contribution in [0.5, 0.6) is 11.6 Å². The average Bonchev–Trinajstić information content (AvgIpc) is 3.25. The Morgan fingerprint density at radius 1 is 1.19 bits per heavy atom. The van der Waals surface area contributed by atoms with Gasteiger partial charge in [0.05, 0.1) is 24.8 Å². The molecule has 3 aromatic rings. The number of methoxy groups -OCH3 is 2. The van der Waals surface area contributed by atoms with Crippen LogP contribution in [0.2, 0.25) is 0 Å². The van der Waals surface area contributed by atoms with Gasteiger partial charge in [-0.15, -0.1) is 0 Å². The number of aromatic nitrogens is 4. The minimum absolute atomic E-state index is 0.116. The number of nitrogens with one attached hydrogen (secondary N) is 1. The monoisotopic (exact) mass is 462 g/mol. The second-order valence-corrected chi connectivity index (χ2v) is 9.45.